The van der Waals surface area contributed by atoms with E-state index in [2.05, 4.69) is 26.8 Å². The van der Waals surface area contributed by atoms with Gasteiger partial charge in [0.1, 0.15) is 0 Å². The summed E-state index contributed by atoms with van der Waals surface area (Å²) in [6.45, 7) is 6.76. The molecule has 2 nitrogen and oxygen atoms in total. The Morgan fingerprint density at radius 1 is 1.33 bits per heavy atom. The summed E-state index contributed by atoms with van der Waals surface area (Å²) in [5.41, 5.74) is 1.39. The van der Waals surface area contributed by atoms with Crippen molar-refractivity contribution >= 4 is 0 Å². The minimum absolute atomic E-state index is 0. The van der Waals surface area contributed by atoms with Crippen molar-refractivity contribution in [2.24, 2.45) is 5.92 Å². The largest absolute Gasteiger partial charge is 0.412 e. The molecule has 3 N–H and O–H groups in total. The third kappa shape index (κ3) is 9.66. The first kappa shape index (κ1) is 14.2. The summed E-state index contributed by atoms with van der Waals surface area (Å²) in [7, 11) is 0. The van der Waals surface area contributed by atoms with Crippen molar-refractivity contribution in [3.05, 3.63) is 11.6 Å². The minimum atomic E-state index is 0. The lowest BCUT2D eigenvalue weighted by molar-refractivity contribution is 0.259. The molecule has 0 fully saturated rings. The zero-order valence-corrected chi connectivity index (χ0v) is 8.43. The Balaban J connectivity index is 0. The first-order chi connectivity index (χ1) is 5.16. The molecule has 0 aromatic carbocycles. The summed E-state index contributed by atoms with van der Waals surface area (Å²) in [5.74, 6) is 0.663. The fourth-order valence-electron chi connectivity index (χ4n) is 1.02. The first-order valence-electron chi connectivity index (χ1n) is 4.41. The first-order valence-corrected chi connectivity index (χ1v) is 4.41. The van der Waals surface area contributed by atoms with Gasteiger partial charge in [-0.05, 0) is 39.0 Å². The van der Waals surface area contributed by atoms with E-state index < -0.39 is 0 Å². The second-order valence-electron chi connectivity index (χ2n) is 3.48. The van der Waals surface area contributed by atoms with Crippen LogP contribution in [0.5, 0.6) is 0 Å². The second-order valence-corrected chi connectivity index (χ2v) is 3.48. The Labute approximate surface area is 75.6 Å². The molecule has 0 saturated carbocycles. The molecule has 1 atom stereocenters. The quantitative estimate of drug-likeness (QED) is 0.636. The highest BCUT2D eigenvalue weighted by Gasteiger charge is 1.98. The van der Waals surface area contributed by atoms with Crippen LogP contribution >= 0.6 is 0 Å². The topological polar surface area (TPSA) is 51.7 Å². The molecule has 12 heavy (non-hydrogen) atoms. The van der Waals surface area contributed by atoms with Crippen molar-refractivity contribution in [2.45, 2.75) is 40.0 Å². The minimum Gasteiger partial charge on any atom is -0.412 e. The van der Waals surface area contributed by atoms with Gasteiger partial charge >= 0.3 is 0 Å². The molecule has 0 aliphatic carbocycles. The van der Waals surface area contributed by atoms with Crippen molar-refractivity contribution in [1.82, 2.24) is 0 Å². The molecule has 0 heterocycles. The summed E-state index contributed by atoms with van der Waals surface area (Å²) >= 11 is 0. The van der Waals surface area contributed by atoms with E-state index in [1.807, 2.05) is 0 Å². The molecule has 74 valence electrons. The zero-order valence-electron chi connectivity index (χ0n) is 8.43. The number of aliphatic hydroxyl groups excluding tert-OH is 1. The van der Waals surface area contributed by atoms with Crippen LogP contribution in [0.2, 0.25) is 0 Å². The van der Waals surface area contributed by atoms with E-state index in [-0.39, 0.29) is 5.48 Å². The van der Waals surface area contributed by atoms with E-state index in [1.165, 1.54) is 12.0 Å². The fraction of sp³-hybridized carbons (Fsp3) is 0.800. The van der Waals surface area contributed by atoms with E-state index >= 15 is 0 Å². The third-order valence-corrected chi connectivity index (χ3v) is 1.83. The van der Waals surface area contributed by atoms with Crippen LogP contribution in [-0.4, -0.2) is 17.2 Å². The summed E-state index contributed by atoms with van der Waals surface area (Å²) < 4.78 is 0. The molecule has 0 radical (unpaired) electrons. The Morgan fingerprint density at radius 2 is 1.92 bits per heavy atom. The van der Waals surface area contributed by atoms with Crippen LogP contribution in [0.25, 0.3) is 0 Å². The van der Waals surface area contributed by atoms with Gasteiger partial charge in [-0.25, -0.2) is 0 Å². The Bertz CT molecular complexity index is 115. The smallest absolute Gasteiger partial charge is 0.0433 e. The van der Waals surface area contributed by atoms with Gasteiger partial charge in [-0.3, -0.25) is 0 Å². The van der Waals surface area contributed by atoms with Crippen molar-refractivity contribution in [3.8, 4) is 0 Å². The van der Waals surface area contributed by atoms with Crippen LogP contribution < -0.4 is 0 Å². The van der Waals surface area contributed by atoms with Gasteiger partial charge in [0.2, 0.25) is 0 Å². The van der Waals surface area contributed by atoms with Gasteiger partial charge < -0.3 is 10.6 Å². The second kappa shape index (κ2) is 8.75. The number of allylic oxidation sites excluding steroid dienone is 2. The van der Waals surface area contributed by atoms with Gasteiger partial charge in [-0.2, -0.15) is 0 Å². The lowest BCUT2D eigenvalue weighted by Gasteiger charge is -2.06. The van der Waals surface area contributed by atoms with Crippen molar-refractivity contribution < 1.29 is 10.6 Å². The maximum absolute atomic E-state index is 8.63. The lowest BCUT2D eigenvalue weighted by atomic mass is 10.0. The van der Waals surface area contributed by atoms with Crippen LogP contribution in [0, 0.1) is 5.92 Å². The van der Waals surface area contributed by atoms with E-state index in [9.17, 15) is 0 Å². The van der Waals surface area contributed by atoms with E-state index in [4.69, 9.17) is 5.11 Å². The fourth-order valence-corrected chi connectivity index (χ4v) is 1.02. The maximum Gasteiger partial charge on any atom is 0.0433 e. The van der Waals surface area contributed by atoms with Gasteiger partial charge in [-0.1, -0.05) is 18.6 Å². The number of rotatable bonds is 5. The molecule has 0 rings (SSSR count). The summed E-state index contributed by atoms with van der Waals surface area (Å²) in [5, 5.41) is 8.63. The van der Waals surface area contributed by atoms with Crippen LogP contribution in [0.4, 0.5) is 0 Å². The van der Waals surface area contributed by atoms with Gasteiger partial charge in [0.15, 0.2) is 0 Å². The van der Waals surface area contributed by atoms with E-state index in [0.29, 0.717) is 12.5 Å². The van der Waals surface area contributed by atoms with E-state index in [1.54, 1.807) is 0 Å². The molecule has 0 aliphatic heterocycles. The van der Waals surface area contributed by atoms with Crippen LogP contribution in [-0.2, 0) is 0 Å². The number of aliphatic hydroxyl groups is 1. The van der Waals surface area contributed by atoms with E-state index in [0.717, 1.165) is 12.8 Å². The summed E-state index contributed by atoms with van der Waals surface area (Å²) in [6, 6.07) is 0. The van der Waals surface area contributed by atoms with Gasteiger partial charge in [-0.15, -0.1) is 0 Å². The Hall–Kier alpha value is -0.340. The average Bonchev–Trinajstić information content (AvgIpc) is 1.87. The van der Waals surface area contributed by atoms with Crippen LogP contribution in [0.1, 0.15) is 40.0 Å². The molecule has 0 saturated heterocycles. The predicted molar refractivity (Wildman–Crippen MR) is 53.1 cm³/mol. The maximum atomic E-state index is 8.63. The lowest BCUT2D eigenvalue weighted by Crippen LogP contribution is -1.96. The molecule has 0 aromatic heterocycles. The monoisotopic (exact) mass is 174 g/mol. The highest BCUT2D eigenvalue weighted by atomic mass is 16.3. The molecule has 0 bridgehead atoms. The molecule has 0 aromatic rings. The number of hydrogen-bond donors (Lipinski definition) is 1. The van der Waals surface area contributed by atoms with Crippen molar-refractivity contribution in [3.63, 3.8) is 0 Å². The summed E-state index contributed by atoms with van der Waals surface area (Å²) in [6.07, 6.45) is 5.56. The van der Waals surface area contributed by atoms with Gasteiger partial charge in [0.25, 0.3) is 0 Å². The SMILES string of the molecule is CC(C)=CCCC(C)CCO.O. The van der Waals surface area contributed by atoms with Gasteiger partial charge in [0, 0.05) is 6.61 Å². The standard InChI is InChI=1S/C10H20O.H2O/c1-9(2)5-4-6-10(3)7-8-11;/h5,10-11H,4,6-8H2,1-3H3;1H2. The molecule has 0 aliphatic rings. The molecule has 0 amide bonds. The predicted octanol–water partition coefficient (Wildman–Crippen LogP) is 1.93. The Kier molecular flexibility index (Phi) is 10.4. The van der Waals surface area contributed by atoms with Gasteiger partial charge in [0.05, 0.1) is 0 Å². The highest BCUT2D eigenvalue weighted by Crippen LogP contribution is 2.10. The summed E-state index contributed by atoms with van der Waals surface area (Å²) in [4.78, 5) is 0. The van der Waals surface area contributed by atoms with Crippen molar-refractivity contribution in [2.75, 3.05) is 6.61 Å². The van der Waals surface area contributed by atoms with Crippen LogP contribution in [0.3, 0.4) is 0 Å². The van der Waals surface area contributed by atoms with Crippen LogP contribution in [0.15, 0.2) is 11.6 Å². The average molecular weight is 174 g/mol. The molecular weight excluding hydrogens is 152 g/mol. The third-order valence-electron chi connectivity index (χ3n) is 1.83. The molecule has 1 unspecified atom stereocenters. The zero-order chi connectivity index (χ0) is 8.69. The molecule has 2 heteroatoms. The highest BCUT2D eigenvalue weighted by molar-refractivity contribution is 4.92. The van der Waals surface area contributed by atoms with Crippen molar-refractivity contribution in [1.29, 1.82) is 0 Å². The molecular formula is C10H22O2. The normalized spacial score (nSPS) is 11.7. The number of hydrogen-bond acceptors (Lipinski definition) is 1. The Morgan fingerprint density at radius 3 is 2.33 bits per heavy atom. The molecule has 0 spiro atoms.